The maximum Gasteiger partial charge on any atom is 0.255 e. The Hall–Kier alpha value is -2.22. The van der Waals surface area contributed by atoms with Crippen molar-refractivity contribution in [3.05, 3.63) is 65.7 Å². The summed E-state index contributed by atoms with van der Waals surface area (Å²) in [5.74, 6) is 0.534. The van der Waals surface area contributed by atoms with Crippen LogP contribution in [0.2, 0.25) is 0 Å². The second-order valence-corrected chi connectivity index (χ2v) is 10.1. The van der Waals surface area contributed by atoms with E-state index in [1.807, 2.05) is 48.5 Å². The topological polar surface area (TPSA) is 69.7 Å². The van der Waals surface area contributed by atoms with E-state index in [1.165, 1.54) is 0 Å². The zero-order valence-electron chi connectivity index (χ0n) is 16.5. The number of nitrogens with one attached hydrogen (secondary N) is 1. The second-order valence-electron chi connectivity index (χ2n) is 7.89. The molecule has 4 rings (SSSR count). The molecule has 0 spiro atoms. The predicted molar refractivity (Wildman–Crippen MR) is 115 cm³/mol. The van der Waals surface area contributed by atoms with Gasteiger partial charge in [-0.15, -0.1) is 0 Å². The number of hydrogen-bond donors (Lipinski definition) is 1. The van der Waals surface area contributed by atoms with Gasteiger partial charge < -0.3 is 5.32 Å². The number of carbonyl (C=O) groups is 1. The lowest BCUT2D eigenvalue weighted by Gasteiger charge is -2.37. The van der Waals surface area contributed by atoms with E-state index in [9.17, 15) is 13.2 Å². The van der Waals surface area contributed by atoms with Gasteiger partial charge in [0.15, 0.2) is 9.84 Å². The van der Waals surface area contributed by atoms with Crippen LogP contribution in [0, 0.1) is 0 Å². The summed E-state index contributed by atoms with van der Waals surface area (Å²) in [6.45, 7) is 4.42. The Morgan fingerprint density at radius 2 is 1.76 bits per heavy atom. The quantitative estimate of drug-likeness (QED) is 0.814. The Balaban J connectivity index is 1.31. The number of rotatable bonds is 5. The van der Waals surface area contributed by atoms with Gasteiger partial charge in [0.2, 0.25) is 0 Å². The van der Waals surface area contributed by atoms with Gasteiger partial charge in [-0.05, 0) is 36.2 Å². The SMILES string of the molecule is O=C(Nc1ccccc1)c1cccc(CN2CCN(C3CCS(=O)(=O)C3)CC2)c1. The summed E-state index contributed by atoms with van der Waals surface area (Å²) >= 11 is 0. The highest BCUT2D eigenvalue weighted by atomic mass is 32.2. The third-order valence-corrected chi connectivity index (χ3v) is 7.51. The molecule has 0 saturated carbocycles. The average Bonchev–Trinajstić information content (AvgIpc) is 3.09. The summed E-state index contributed by atoms with van der Waals surface area (Å²) in [5.41, 5.74) is 2.55. The minimum atomic E-state index is -2.84. The first-order chi connectivity index (χ1) is 14.0. The minimum absolute atomic E-state index is 0.106. The zero-order chi connectivity index (χ0) is 20.3. The van der Waals surface area contributed by atoms with Gasteiger partial charge in [-0.25, -0.2) is 8.42 Å². The molecular weight excluding hydrogens is 386 g/mol. The van der Waals surface area contributed by atoms with Crippen molar-refractivity contribution in [3.8, 4) is 0 Å². The molecule has 0 bridgehead atoms. The average molecular weight is 414 g/mol. The summed E-state index contributed by atoms with van der Waals surface area (Å²) in [4.78, 5) is 17.2. The monoisotopic (exact) mass is 413 g/mol. The number of anilines is 1. The number of nitrogens with zero attached hydrogens (tertiary/aromatic N) is 2. The van der Waals surface area contributed by atoms with Crippen molar-refractivity contribution in [1.29, 1.82) is 0 Å². The molecule has 2 fully saturated rings. The summed E-state index contributed by atoms with van der Waals surface area (Å²) in [7, 11) is -2.84. The Morgan fingerprint density at radius 1 is 1.00 bits per heavy atom. The lowest BCUT2D eigenvalue weighted by Crippen LogP contribution is -2.50. The third kappa shape index (κ3) is 5.23. The largest absolute Gasteiger partial charge is 0.322 e. The normalized spacial score (nSPS) is 22.4. The van der Waals surface area contributed by atoms with Gasteiger partial charge in [-0.1, -0.05) is 30.3 Å². The van der Waals surface area contributed by atoms with Crippen molar-refractivity contribution >= 4 is 21.4 Å². The fourth-order valence-electron chi connectivity index (χ4n) is 4.14. The van der Waals surface area contributed by atoms with Gasteiger partial charge in [0.1, 0.15) is 0 Å². The molecule has 2 heterocycles. The molecule has 2 aromatic carbocycles. The van der Waals surface area contributed by atoms with E-state index in [0.29, 0.717) is 17.1 Å². The summed E-state index contributed by atoms with van der Waals surface area (Å²) in [5, 5.41) is 2.92. The molecule has 1 atom stereocenters. The van der Waals surface area contributed by atoms with Crippen LogP contribution < -0.4 is 5.32 Å². The van der Waals surface area contributed by atoms with Crippen LogP contribution in [-0.4, -0.2) is 67.9 Å². The molecule has 2 saturated heterocycles. The first kappa shape index (κ1) is 20.1. The zero-order valence-corrected chi connectivity index (χ0v) is 17.3. The minimum Gasteiger partial charge on any atom is -0.322 e. The van der Waals surface area contributed by atoms with Crippen LogP contribution >= 0.6 is 0 Å². The van der Waals surface area contributed by atoms with E-state index in [1.54, 1.807) is 0 Å². The lowest BCUT2D eigenvalue weighted by atomic mass is 10.1. The molecule has 1 amide bonds. The van der Waals surface area contributed by atoms with E-state index in [4.69, 9.17) is 0 Å². The number of hydrogen-bond acceptors (Lipinski definition) is 5. The van der Waals surface area contributed by atoms with Crippen molar-refractivity contribution in [2.24, 2.45) is 0 Å². The van der Waals surface area contributed by atoms with E-state index < -0.39 is 9.84 Å². The second kappa shape index (κ2) is 8.65. The van der Waals surface area contributed by atoms with E-state index in [0.717, 1.165) is 50.4 Å². The van der Waals surface area contributed by atoms with Crippen molar-refractivity contribution in [3.63, 3.8) is 0 Å². The number of carbonyl (C=O) groups excluding carboxylic acids is 1. The first-order valence-corrected chi connectivity index (χ1v) is 11.9. The Kier molecular flexibility index (Phi) is 5.99. The number of piperazine rings is 1. The first-order valence-electron chi connectivity index (χ1n) is 10.1. The van der Waals surface area contributed by atoms with Gasteiger partial charge in [-0.3, -0.25) is 14.6 Å². The molecule has 6 nitrogen and oxygen atoms in total. The fourth-order valence-corrected chi connectivity index (χ4v) is 5.91. The molecule has 2 aromatic rings. The maximum absolute atomic E-state index is 12.5. The molecule has 2 aliphatic heterocycles. The van der Waals surface area contributed by atoms with Gasteiger partial charge in [0, 0.05) is 50.0 Å². The highest BCUT2D eigenvalue weighted by Gasteiger charge is 2.33. The van der Waals surface area contributed by atoms with Crippen LogP contribution in [0.5, 0.6) is 0 Å². The lowest BCUT2D eigenvalue weighted by molar-refractivity contribution is 0.0996. The molecule has 0 aromatic heterocycles. The number of amides is 1. The molecule has 2 aliphatic rings. The van der Waals surface area contributed by atoms with E-state index in [-0.39, 0.29) is 11.9 Å². The molecule has 154 valence electrons. The predicted octanol–water partition coefficient (Wildman–Crippen LogP) is 2.24. The molecule has 29 heavy (non-hydrogen) atoms. The van der Waals surface area contributed by atoms with Crippen LogP contribution in [0.1, 0.15) is 22.3 Å². The Morgan fingerprint density at radius 3 is 2.45 bits per heavy atom. The Labute approximate surface area is 172 Å². The number of para-hydroxylation sites is 1. The van der Waals surface area contributed by atoms with E-state index >= 15 is 0 Å². The van der Waals surface area contributed by atoms with Crippen LogP contribution in [0.15, 0.2) is 54.6 Å². The Bertz CT molecular complexity index is 954. The summed E-state index contributed by atoms with van der Waals surface area (Å²) < 4.78 is 23.4. The van der Waals surface area contributed by atoms with Crippen LogP contribution in [0.3, 0.4) is 0 Å². The third-order valence-electron chi connectivity index (χ3n) is 5.76. The van der Waals surface area contributed by atoms with Crippen molar-refractivity contribution in [1.82, 2.24) is 9.80 Å². The molecule has 1 N–H and O–H groups in total. The maximum atomic E-state index is 12.5. The van der Waals surface area contributed by atoms with Gasteiger partial charge in [0.05, 0.1) is 11.5 Å². The van der Waals surface area contributed by atoms with Crippen molar-refractivity contribution in [2.75, 3.05) is 43.0 Å². The van der Waals surface area contributed by atoms with Gasteiger partial charge in [0.25, 0.3) is 5.91 Å². The van der Waals surface area contributed by atoms with Crippen LogP contribution in [0.25, 0.3) is 0 Å². The number of sulfone groups is 1. The van der Waals surface area contributed by atoms with E-state index in [2.05, 4.69) is 21.2 Å². The molecule has 7 heteroatoms. The fraction of sp³-hybridized carbons (Fsp3) is 0.409. The van der Waals surface area contributed by atoms with Crippen LogP contribution in [-0.2, 0) is 16.4 Å². The number of benzene rings is 2. The van der Waals surface area contributed by atoms with Gasteiger partial charge in [-0.2, -0.15) is 0 Å². The van der Waals surface area contributed by atoms with Crippen molar-refractivity contribution < 1.29 is 13.2 Å². The highest BCUT2D eigenvalue weighted by molar-refractivity contribution is 7.91. The van der Waals surface area contributed by atoms with Gasteiger partial charge >= 0.3 is 0 Å². The molecule has 1 unspecified atom stereocenters. The standard InChI is InChI=1S/C22H27N3O3S/c26-22(23-20-7-2-1-3-8-20)19-6-4-5-18(15-19)16-24-10-12-25(13-11-24)21-9-14-29(27,28)17-21/h1-8,15,21H,9-14,16-17H2,(H,23,26). The summed E-state index contributed by atoms with van der Waals surface area (Å²) in [6.07, 6.45) is 0.765. The van der Waals surface area contributed by atoms with Crippen LogP contribution in [0.4, 0.5) is 5.69 Å². The molecule has 0 radical (unpaired) electrons. The molecular formula is C22H27N3O3S. The smallest absolute Gasteiger partial charge is 0.255 e. The van der Waals surface area contributed by atoms with Crippen molar-refractivity contribution in [2.45, 2.75) is 19.0 Å². The highest BCUT2D eigenvalue weighted by Crippen LogP contribution is 2.20. The molecule has 0 aliphatic carbocycles. The summed E-state index contributed by atoms with van der Waals surface area (Å²) in [6, 6.07) is 17.4.